The van der Waals surface area contributed by atoms with E-state index in [1.165, 1.54) is 0 Å². The molecule has 2 atom stereocenters. The molecule has 2 rings (SSSR count). The van der Waals surface area contributed by atoms with Crippen molar-refractivity contribution in [3.05, 3.63) is 33.3 Å². The molecule has 1 aromatic carbocycles. The first kappa shape index (κ1) is 13.3. The lowest BCUT2D eigenvalue weighted by Crippen LogP contribution is -2.30. The first-order valence-electron chi connectivity index (χ1n) is 5.70. The Kier molecular flexibility index (Phi) is 4.82. The topological polar surface area (TPSA) is 44.3 Å². The van der Waals surface area contributed by atoms with E-state index in [4.69, 9.17) is 11.6 Å². The van der Waals surface area contributed by atoms with Gasteiger partial charge in [-0.05, 0) is 23.8 Å². The van der Waals surface area contributed by atoms with Crippen LogP contribution in [0.3, 0.4) is 0 Å². The summed E-state index contributed by atoms with van der Waals surface area (Å²) in [6.07, 6.45) is -0.236. The first-order chi connectivity index (χ1) is 8.16. The van der Waals surface area contributed by atoms with E-state index in [1.54, 1.807) is 0 Å². The van der Waals surface area contributed by atoms with Crippen molar-refractivity contribution in [1.82, 2.24) is 10.6 Å². The molecule has 5 heteroatoms. The molecule has 1 aliphatic rings. The van der Waals surface area contributed by atoms with Gasteiger partial charge in [-0.3, -0.25) is 0 Å². The molecular weight excluding hydrogens is 304 g/mol. The summed E-state index contributed by atoms with van der Waals surface area (Å²) in [6.45, 7) is 3.10. The van der Waals surface area contributed by atoms with Crippen LogP contribution in [0, 0.1) is 5.92 Å². The molecule has 94 valence electrons. The highest BCUT2D eigenvalue weighted by Crippen LogP contribution is 2.20. The Morgan fingerprint density at radius 3 is 3.00 bits per heavy atom. The first-order valence-corrected chi connectivity index (χ1v) is 6.87. The second kappa shape index (κ2) is 6.16. The summed E-state index contributed by atoms with van der Waals surface area (Å²) in [6, 6.07) is 5.82. The van der Waals surface area contributed by atoms with Crippen LogP contribution in [0.1, 0.15) is 5.56 Å². The highest BCUT2D eigenvalue weighted by atomic mass is 79.9. The largest absolute Gasteiger partial charge is 0.391 e. The molecule has 17 heavy (non-hydrogen) atoms. The highest BCUT2D eigenvalue weighted by molar-refractivity contribution is 9.10. The Morgan fingerprint density at radius 1 is 1.47 bits per heavy atom. The number of hydrogen-bond acceptors (Lipinski definition) is 3. The smallest absolute Gasteiger partial charge is 0.0716 e. The van der Waals surface area contributed by atoms with Crippen molar-refractivity contribution in [3.8, 4) is 0 Å². The molecule has 0 amide bonds. The Balaban J connectivity index is 1.83. The predicted octanol–water partition coefficient (Wildman–Crippen LogP) is 1.77. The second-order valence-corrected chi connectivity index (χ2v) is 5.68. The molecule has 1 aromatic rings. The molecule has 0 aliphatic carbocycles. The maximum absolute atomic E-state index is 9.65. The van der Waals surface area contributed by atoms with Crippen LogP contribution >= 0.6 is 27.5 Å². The lowest BCUT2D eigenvalue weighted by atomic mass is 10.1. The predicted molar refractivity (Wildman–Crippen MR) is 73.2 cm³/mol. The van der Waals surface area contributed by atoms with Crippen LogP contribution in [0.25, 0.3) is 0 Å². The summed E-state index contributed by atoms with van der Waals surface area (Å²) in [4.78, 5) is 0. The van der Waals surface area contributed by atoms with Gasteiger partial charge in [-0.15, -0.1) is 0 Å². The Bertz CT molecular complexity index is 389. The van der Waals surface area contributed by atoms with Gasteiger partial charge in [0.15, 0.2) is 0 Å². The Labute approximate surface area is 115 Å². The van der Waals surface area contributed by atoms with E-state index >= 15 is 0 Å². The van der Waals surface area contributed by atoms with Gasteiger partial charge in [0.25, 0.3) is 0 Å². The van der Waals surface area contributed by atoms with E-state index in [0.29, 0.717) is 12.5 Å². The van der Waals surface area contributed by atoms with E-state index in [-0.39, 0.29) is 6.10 Å². The lowest BCUT2D eigenvalue weighted by Gasteiger charge is -2.14. The maximum atomic E-state index is 9.65. The van der Waals surface area contributed by atoms with Gasteiger partial charge in [0.05, 0.1) is 6.10 Å². The third-order valence-electron chi connectivity index (χ3n) is 3.03. The van der Waals surface area contributed by atoms with E-state index in [0.717, 1.165) is 34.7 Å². The highest BCUT2D eigenvalue weighted by Gasteiger charge is 2.24. The number of rotatable bonds is 4. The summed E-state index contributed by atoms with van der Waals surface area (Å²) >= 11 is 9.53. The van der Waals surface area contributed by atoms with Crippen LogP contribution in [0.5, 0.6) is 0 Å². The summed E-state index contributed by atoms with van der Waals surface area (Å²) in [5.41, 5.74) is 1.07. The molecule has 3 N–H and O–H groups in total. The minimum absolute atomic E-state index is 0.236. The second-order valence-electron chi connectivity index (χ2n) is 4.35. The van der Waals surface area contributed by atoms with Crippen molar-refractivity contribution in [1.29, 1.82) is 0 Å². The van der Waals surface area contributed by atoms with Gasteiger partial charge < -0.3 is 15.7 Å². The van der Waals surface area contributed by atoms with Crippen molar-refractivity contribution >= 4 is 27.5 Å². The summed E-state index contributed by atoms with van der Waals surface area (Å²) in [5.74, 6) is 0.293. The van der Waals surface area contributed by atoms with Crippen molar-refractivity contribution in [2.45, 2.75) is 12.6 Å². The standard InChI is InChI=1S/C12H16BrClN2O/c13-10-1-2-11(14)8(3-10)4-15-5-9-6-16-7-12(9)17/h1-3,9,12,15-17H,4-7H2. The SMILES string of the molecule is OC1CNCC1CNCc1cc(Br)ccc1Cl. The number of β-amino-alcohol motifs (C(OH)–C–C–N with tert-alkyl or cyclic N) is 1. The molecule has 1 saturated heterocycles. The molecule has 0 saturated carbocycles. The normalized spacial score (nSPS) is 24.2. The van der Waals surface area contributed by atoms with E-state index in [2.05, 4.69) is 26.6 Å². The Morgan fingerprint density at radius 2 is 2.29 bits per heavy atom. The molecular formula is C12H16BrClN2O. The van der Waals surface area contributed by atoms with Crippen LogP contribution in [0.2, 0.25) is 5.02 Å². The lowest BCUT2D eigenvalue weighted by molar-refractivity contribution is 0.146. The van der Waals surface area contributed by atoms with E-state index in [9.17, 15) is 5.11 Å². The summed E-state index contributed by atoms with van der Waals surface area (Å²) in [5, 5.41) is 16.9. The maximum Gasteiger partial charge on any atom is 0.0716 e. The molecule has 2 unspecified atom stereocenters. The monoisotopic (exact) mass is 318 g/mol. The van der Waals surface area contributed by atoms with Crippen molar-refractivity contribution in [2.24, 2.45) is 5.92 Å². The number of halogens is 2. The Hall–Kier alpha value is -0.130. The summed E-state index contributed by atoms with van der Waals surface area (Å²) in [7, 11) is 0. The molecule has 0 aromatic heterocycles. The van der Waals surface area contributed by atoms with Gasteiger partial charge in [0.2, 0.25) is 0 Å². The number of benzene rings is 1. The zero-order valence-corrected chi connectivity index (χ0v) is 11.8. The molecule has 1 heterocycles. The average Bonchev–Trinajstić information content (AvgIpc) is 2.70. The van der Waals surface area contributed by atoms with Gasteiger partial charge in [-0.2, -0.15) is 0 Å². The number of aliphatic hydroxyl groups is 1. The van der Waals surface area contributed by atoms with Gasteiger partial charge >= 0.3 is 0 Å². The van der Waals surface area contributed by atoms with Crippen LogP contribution in [-0.2, 0) is 6.54 Å². The quantitative estimate of drug-likeness (QED) is 0.792. The molecule has 0 bridgehead atoms. The molecule has 0 spiro atoms. The van der Waals surface area contributed by atoms with Gasteiger partial charge in [0.1, 0.15) is 0 Å². The average molecular weight is 320 g/mol. The zero-order valence-electron chi connectivity index (χ0n) is 9.42. The van der Waals surface area contributed by atoms with Crippen molar-refractivity contribution in [2.75, 3.05) is 19.6 Å². The van der Waals surface area contributed by atoms with Crippen molar-refractivity contribution < 1.29 is 5.11 Å². The minimum atomic E-state index is -0.236. The fourth-order valence-electron chi connectivity index (χ4n) is 2.00. The van der Waals surface area contributed by atoms with Gasteiger partial charge in [-0.1, -0.05) is 27.5 Å². The summed E-state index contributed by atoms with van der Waals surface area (Å²) < 4.78 is 1.03. The van der Waals surface area contributed by atoms with E-state index < -0.39 is 0 Å². The van der Waals surface area contributed by atoms with Crippen LogP contribution in [-0.4, -0.2) is 30.8 Å². The fourth-order valence-corrected chi connectivity index (χ4v) is 2.59. The van der Waals surface area contributed by atoms with Crippen molar-refractivity contribution in [3.63, 3.8) is 0 Å². The molecule has 3 nitrogen and oxygen atoms in total. The number of aliphatic hydroxyl groups excluding tert-OH is 1. The molecule has 0 radical (unpaired) electrons. The minimum Gasteiger partial charge on any atom is -0.391 e. The zero-order chi connectivity index (χ0) is 12.3. The number of nitrogens with one attached hydrogen (secondary N) is 2. The fraction of sp³-hybridized carbons (Fsp3) is 0.500. The molecule has 1 aliphatic heterocycles. The van der Waals surface area contributed by atoms with E-state index in [1.807, 2.05) is 18.2 Å². The van der Waals surface area contributed by atoms with Gasteiger partial charge in [0, 0.05) is 41.6 Å². The third-order valence-corrected chi connectivity index (χ3v) is 3.90. The third kappa shape index (κ3) is 3.66. The van der Waals surface area contributed by atoms with Crippen LogP contribution in [0.4, 0.5) is 0 Å². The molecule has 1 fully saturated rings. The van der Waals surface area contributed by atoms with Gasteiger partial charge in [-0.25, -0.2) is 0 Å². The number of hydrogen-bond donors (Lipinski definition) is 3. The van der Waals surface area contributed by atoms with Crippen LogP contribution in [0.15, 0.2) is 22.7 Å². The van der Waals surface area contributed by atoms with Crippen LogP contribution < -0.4 is 10.6 Å².